The van der Waals surface area contributed by atoms with Crippen molar-refractivity contribution in [2.45, 2.75) is 57.2 Å². The molecule has 0 spiro atoms. The second-order valence-corrected chi connectivity index (χ2v) is 13.4. The molecule has 0 radical (unpaired) electrons. The van der Waals surface area contributed by atoms with Gasteiger partial charge in [-0.1, -0.05) is 23.7 Å². The molecule has 1 fully saturated rings. The number of aromatic amines is 1. The molecule has 1 aliphatic heterocycles. The molecule has 3 heterocycles. The predicted molar refractivity (Wildman–Crippen MR) is 157 cm³/mol. The minimum absolute atomic E-state index is 0.104. The summed E-state index contributed by atoms with van der Waals surface area (Å²) in [5.74, 6) is 0.352. The van der Waals surface area contributed by atoms with E-state index in [-0.39, 0.29) is 25.8 Å². The standard InChI is InChI=1S/C27H36ClN7O5S/c1-26(2,3)40-25(37)34-27(11-15-35(16-12-27)23-20-9-13-29-22(20)30-17-31-23)24(36)33-21(10-14-32-41(4,38)39)18-5-7-19(28)8-6-18/h5-9,13,17,21,32H,10-12,14-16H2,1-4H3,(H,33,36)(H,34,37)(H,29,30,31). The van der Waals surface area contributed by atoms with E-state index in [2.05, 4.69) is 35.2 Å². The van der Waals surface area contributed by atoms with Gasteiger partial charge in [-0.3, -0.25) is 4.79 Å². The van der Waals surface area contributed by atoms with E-state index in [1.165, 1.54) is 6.33 Å². The summed E-state index contributed by atoms with van der Waals surface area (Å²) in [6.45, 7) is 6.23. The van der Waals surface area contributed by atoms with Crippen LogP contribution >= 0.6 is 11.6 Å². The summed E-state index contributed by atoms with van der Waals surface area (Å²) in [4.78, 5) is 40.9. The third-order valence-corrected chi connectivity index (χ3v) is 7.78. The number of nitrogens with one attached hydrogen (secondary N) is 4. The molecule has 12 nitrogen and oxygen atoms in total. The number of alkyl carbamates (subject to hydrolysis) is 1. The van der Waals surface area contributed by atoms with Gasteiger partial charge in [-0.15, -0.1) is 0 Å². The zero-order valence-corrected chi connectivity index (χ0v) is 25.1. The first-order chi connectivity index (χ1) is 19.2. The second kappa shape index (κ2) is 12.2. The lowest BCUT2D eigenvalue weighted by Gasteiger charge is -2.42. The van der Waals surface area contributed by atoms with E-state index in [9.17, 15) is 18.0 Å². The summed E-state index contributed by atoms with van der Waals surface area (Å²) in [5.41, 5.74) is -0.575. The molecule has 0 saturated carbocycles. The zero-order chi connectivity index (χ0) is 29.8. The SMILES string of the molecule is CC(C)(C)OC(=O)NC1(C(=O)NC(CCNS(C)(=O)=O)c2ccc(Cl)cc2)CCN(c2ncnc3[nH]ccc23)CC1. The van der Waals surface area contributed by atoms with E-state index in [0.717, 1.165) is 23.0 Å². The fourth-order valence-electron chi connectivity index (χ4n) is 4.82. The number of piperidine rings is 1. The molecule has 0 aliphatic carbocycles. The molecule has 2 amide bonds. The van der Waals surface area contributed by atoms with Crippen LogP contribution in [0.3, 0.4) is 0 Å². The number of aromatic nitrogens is 3. The Morgan fingerprint density at radius 3 is 2.46 bits per heavy atom. The maximum absolute atomic E-state index is 14.1. The van der Waals surface area contributed by atoms with Crippen LogP contribution in [0.4, 0.5) is 10.6 Å². The summed E-state index contributed by atoms with van der Waals surface area (Å²) in [6, 6.07) is 8.32. The number of sulfonamides is 1. The number of hydrogen-bond donors (Lipinski definition) is 4. The topological polar surface area (TPSA) is 158 Å². The van der Waals surface area contributed by atoms with E-state index in [1.807, 2.05) is 6.07 Å². The molecule has 4 N–H and O–H groups in total. The molecule has 222 valence electrons. The van der Waals surface area contributed by atoms with Crippen molar-refractivity contribution in [1.29, 1.82) is 0 Å². The van der Waals surface area contributed by atoms with Gasteiger partial charge in [-0.25, -0.2) is 27.9 Å². The van der Waals surface area contributed by atoms with Crippen LogP contribution in [0.5, 0.6) is 0 Å². The van der Waals surface area contributed by atoms with Gasteiger partial charge < -0.3 is 25.3 Å². The van der Waals surface area contributed by atoms with Gasteiger partial charge in [-0.05, 0) is 63.8 Å². The Balaban J connectivity index is 1.58. The minimum Gasteiger partial charge on any atom is -0.444 e. The van der Waals surface area contributed by atoms with Gasteiger partial charge in [0.2, 0.25) is 15.9 Å². The van der Waals surface area contributed by atoms with Crippen LogP contribution in [-0.2, 0) is 19.6 Å². The Hall–Kier alpha value is -3.42. The number of amides is 2. The van der Waals surface area contributed by atoms with Crippen LogP contribution in [0.1, 0.15) is 51.6 Å². The summed E-state index contributed by atoms with van der Waals surface area (Å²) in [6.07, 6.45) is 4.51. The molecule has 41 heavy (non-hydrogen) atoms. The molecule has 3 aromatic rings. The summed E-state index contributed by atoms with van der Waals surface area (Å²) in [7, 11) is -3.42. The Labute approximate surface area is 244 Å². The average molecular weight is 606 g/mol. The quantitative estimate of drug-likeness (QED) is 0.289. The first-order valence-electron chi connectivity index (χ1n) is 13.3. The van der Waals surface area contributed by atoms with Crippen LogP contribution in [-0.4, -0.2) is 72.4 Å². The van der Waals surface area contributed by atoms with Gasteiger partial charge in [0.25, 0.3) is 0 Å². The van der Waals surface area contributed by atoms with E-state index >= 15 is 0 Å². The van der Waals surface area contributed by atoms with Crippen molar-refractivity contribution in [2.75, 3.05) is 30.8 Å². The number of nitrogens with zero attached hydrogens (tertiary/aromatic N) is 3. The number of fused-ring (bicyclic) bond motifs is 1. The molecule has 1 atom stereocenters. The molecular weight excluding hydrogens is 570 g/mol. The highest BCUT2D eigenvalue weighted by atomic mass is 35.5. The first kappa shape index (κ1) is 30.5. The largest absolute Gasteiger partial charge is 0.444 e. The maximum atomic E-state index is 14.1. The number of rotatable bonds is 9. The molecule has 1 unspecified atom stereocenters. The Bertz CT molecular complexity index is 1480. The number of carbonyl (C=O) groups excluding carboxylic acids is 2. The number of ether oxygens (including phenoxy) is 1. The van der Waals surface area contributed by atoms with Gasteiger partial charge >= 0.3 is 6.09 Å². The van der Waals surface area contributed by atoms with E-state index < -0.39 is 39.2 Å². The van der Waals surface area contributed by atoms with Crippen LogP contribution in [0.15, 0.2) is 42.9 Å². The fraction of sp³-hybridized carbons (Fsp3) is 0.481. The lowest BCUT2D eigenvalue weighted by molar-refractivity contribution is -0.129. The second-order valence-electron chi connectivity index (χ2n) is 11.2. The van der Waals surface area contributed by atoms with Gasteiger partial charge in [0, 0.05) is 30.9 Å². The minimum atomic E-state index is -3.42. The molecule has 1 saturated heterocycles. The number of anilines is 1. The zero-order valence-electron chi connectivity index (χ0n) is 23.5. The Kier molecular flexibility index (Phi) is 9.10. The molecule has 2 aromatic heterocycles. The number of hydrogen-bond acceptors (Lipinski definition) is 8. The van der Waals surface area contributed by atoms with E-state index in [1.54, 1.807) is 51.2 Å². The third kappa shape index (κ3) is 8.08. The number of H-pyrrole nitrogens is 1. The van der Waals surface area contributed by atoms with Crippen LogP contribution in [0.25, 0.3) is 11.0 Å². The summed E-state index contributed by atoms with van der Waals surface area (Å²) >= 11 is 6.08. The van der Waals surface area contributed by atoms with Crippen LogP contribution in [0, 0.1) is 0 Å². The summed E-state index contributed by atoms with van der Waals surface area (Å²) < 4.78 is 31.3. The molecule has 1 aliphatic rings. The maximum Gasteiger partial charge on any atom is 0.408 e. The van der Waals surface area contributed by atoms with Gasteiger partial charge in [0.05, 0.1) is 17.7 Å². The molecule has 14 heteroatoms. The Morgan fingerprint density at radius 2 is 1.83 bits per heavy atom. The van der Waals surface area contributed by atoms with Gasteiger partial charge in [-0.2, -0.15) is 0 Å². The normalized spacial score (nSPS) is 16.3. The molecular formula is C27H36ClN7O5S. The van der Waals surface area contributed by atoms with Crippen molar-refractivity contribution in [1.82, 2.24) is 30.3 Å². The van der Waals surface area contributed by atoms with Crippen molar-refractivity contribution >= 4 is 50.5 Å². The lowest BCUT2D eigenvalue weighted by Crippen LogP contribution is -2.64. The highest BCUT2D eigenvalue weighted by molar-refractivity contribution is 7.88. The lowest BCUT2D eigenvalue weighted by atomic mass is 9.85. The Morgan fingerprint density at radius 1 is 1.15 bits per heavy atom. The highest BCUT2D eigenvalue weighted by Crippen LogP contribution is 2.31. The van der Waals surface area contributed by atoms with E-state index in [4.69, 9.17) is 16.3 Å². The predicted octanol–water partition coefficient (Wildman–Crippen LogP) is 3.27. The van der Waals surface area contributed by atoms with Crippen LogP contribution in [0.2, 0.25) is 5.02 Å². The van der Waals surface area contributed by atoms with Crippen molar-refractivity contribution in [3.8, 4) is 0 Å². The monoisotopic (exact) mass is 605 g/mol. The first-order valence-corrected chi connectivity index (χ1v) is 15.6. The van der Waals surface area contributed by atoms with Crippen molar-refractivity contribution < 1.29 is 22.7 Å². The number of halogens is 1. The average Bonchev–Trinajstić information content (AvgIpc) is 3.36. The number of benzene rings is 1. The van der Waals surface area contributed by atoms with Crippen molar-refractivity contribution in [2.24, 2.45) is 0 Å². The van der Waals surface area contributed by atoms with E-state index in [0.29, 0.717) is 23.8 Å². The number of carbonyl (C=O) groups is 2. The van der Waals surface area contributed by atoms with Crippen molar-refractivity contribution in [3.63, 3.8) is 0 Å². The van der Waals surface area contributed by atoms with Crippen molar-refractivity contribution in [3.05, 3.63) is 53.4 Å². The van der Waals surface area contributed by atoms with Crippen LogP contribution < -0.4 is 20.3 Å². The van der Waals surface area contributed by atoms with Gasteiger partial charge in [0.1, 0.15) is 28.9 Å². The highest BCUT2D eigenvalue weighted by Gasteiger charge is 2.45. The molecule has 1 aromatic carbocycles. The third-order valence-electron chi connectivity index (χ3n) is 6.80. The van der Waals surface area contributed by atoms with Gasteiger partial charge in [0.15, 0.2) is 0 Å². The summed E-state index contributed by atoms with van der Waals surface area (Å²) in [5, 5.41) is 7.33. The molecule has 4 rings (SSSR count). The smallest absolute Gasteiger partial charge is 0.408 e. The molecule has 0 bridgehead atoms. The fourth-order valence-corrected chi connectivity index (χ4v) is 5.44.